The molecule has 0 atom stereocenters. The standard InChI is InChI=1S/C8H8BrN3O4/c1-2-16-8(13)11-6-3-5(9)4-10-7(6)12(14)15/h3-4H,2H2,1H3,(H,11,13). The van der Waals surface area contributed by atoms with Gasteiger partial charge in [-0.2, -0.15) is 0 Å². The van der Waals surface area contributed by atoms with Gasteiger partial charge in [-0.05, 0) is 38.8 Å². The summed E-state index contributed by atoms with van der Waals surface area (Å²) in [4.78, 5) is 24.6. The normalized spacial score (nSPS) is 9.62. The minimum Gasteiger partial charge on any atom is -0.450 e. The van der Waals surface area contributed by atoms with Crippen molar-refractivity contribution in [2.45, 2.75) is 6.92 Å². The van der Waals surface area contributed by atoms with Crippen LogP contribution in [0.2, 0.25) is 0 Å². The number of carbonyl (C=O) groups excluding carboxylic acids is 1. The van der Waals surface area contributed by atoms with Gasteiger partial charge in [0.05, 0.1) is 11.1 Å². The second-order valence-electron chi connectivity index (χ2n) is 2.63. The van der Waals surface area contributed by atoms with Gasteiger partial charge in [-0.1, -0.05) is 0 Å². The summed E-state index contributed by atoms with van der Waals surface area (Å²) in [6.07, 6.45) is 0.513. The molecule has 0 radical (unpaired) electrons. The van der Waals surface area contributed by atoms with E-state index in [0.29, 0.717) is 4.47 Å². The van der Waals surface area contributed by atoms with Crippen LogP contribution in [-0.4, -0.2) is 22.6 Å². The van der Waals surface area contributed by atoms with E-state index in [9.17, 15) is 14.9 Å². The van der Waals surface area contributed by atoms with Crippen molar-refractivity contribution in [3.05, 3.63) is 26.9 Å². The number of amides is 1. The third-order valence-electron chi connectivity index (χ3n) is 1.52. The fourth-order valence-electron chi connectivity index (χ4n) is 0.947. The lowest BCUT2D eigenvalue weighted by Crippen LogP contribution is -2.14. The van der Waals surface area contributed by atoms with Crippen LogP contribution in [0.25, 0.3) is 0 Å². The zero-order valence-electron chi connectivity index (χ0n) is 8.27. The largest absolute Gasteiger partial charge is 0.450 e. The third-order valence-corrected chi connectivity index (χ3v) is 1.95. The summed E-state index contributed by atoms with van der Waals surface area (Å²) >= 11 is 3.10. The molecule has 0 unspecified atom stereocenters. The molecule has 1 N–H and O–H groups in total. The number of aromatic nitrogens is 1. The van der Waals surface area contributed by atoms with Crippen molar-refractivity contribution in [2.24, 2.45) is 0 Å². The van der Waals surface area contributed by atoms with E-state index in [1.54, 1.807) is 6.92 Å². The van der Waals surface area contributed by atoms with Crippen LogP contribution in [0.4, 0.5) is 16.3 Å². The van der Waals surface area contributed by atoms with E-state index in [0.717, 1.165) is 0 Å². The van der Waals surface area contributed by atoms with Crippen LogP contribution in [0, 0.1) is 10.1 Å². The summed E-state index contributed by atoms with van der Waals surface area (Å²) in [6.45, 7) is 1.81. The molecule has 0 aliphatic carbocycles. The number of pyridine rings is 1. The molecule has 0 spiro atoms. The van der Waals surface area contributed by atoms with Crippen molar-refractivity contribution in [3.8, 4) is 0 Å². The molecule has 0 aliphatic rings. The first-order chi connectivity index (χ1) is 7.54. The average Bonchev–Trinajstić information content (AvgIpc) is 2.17. The Morgan fingerprint density at radius 3 is 3.00 bits per heavy atom. The monoisotopic (exact) mass is 289 g/mol. The smallest absolute Gasteiger partial charge is 0.411 e. The quantitative estimate of drug-likeness (QED) is 0.681. The average molecular weight is 290 g/mol. The molecule has 0 fully saturated rings. The van der Waals surface area contributed by atoms with Gasteiger partial charge < -0.3 is 14.9 Å². The molecule has 0 saturated carbocycles. The lowest BCUT2D eigenvalue weighted by Gasteiger charge is -2.05. The molecular weight excluding hydrogens is 282 g/mol. The summed E-state index contributed by atoms with van der Waals surface area (Å²) in [5.74, 6) is -0.434. The summed E-state index contributed by atoms with van der Waals surface area (Å²) < 4.78 is 5.12. The number of rotatable bonds is 3. The highest BCUT2D eigenvalue weighted by atomic mass is 79.9. The Hall–Kier alpha value is -1.70. The summed E-state index contributed by atoms with van der Waals surface area (Å²) in [5.41, 5.74) is -0.0159. The third kappa shape index (κ3) is 3.16. The van der Waals surface area contributed by atoms with Crippen molar-refractivity contribution in [3.63, 3.8) is 0 Å². The highest BCUT2D eigenvalue weighted by Gasteiger charge is 2.18. The Balaban J connectivity index is 2.96. The van der Waals surface area contributed by atoms with Crippen LogP contribution in [0.15, 0.2) is 16.7 Å². The number of hydrogen-bond acceptors (Lipinski definition) is 5. The molecule has 86 valence electrons. The molecule has 1 aromatic rings. The molecule has 1 heterocycles. The number of ether oxygens (including phenoxy) is 1. The van der Waals surface area contributed by atoms with Gasteiger partial charge in [-0.15, -0.1) is 0 Å². The van der Waals surface area contributed by atoms with Crippen LogP contribution >= 0.6 is 15.9 Å². The summed E-state index contributed by atoms with van der Waals surface area (Å²) in [5, 5.41) is 12.8. The van der Waals surface area contributed by atoms with E-state index in [2.05, 4.69) is 31.0 Å². The van der Waals surface area contributed by atoms with Gasteiger partial charge in [-0.3, -0.25) is 5.32 Å². The van der Waals surface area contributed by atoms with Crippen molar-refractivity contribution < 1.29 is 14.5 Å². The van der Waals surface area contributed by atoms with E-state index < -0.39 is 16.8 Å². The van der Waals surface area contributed by atoms with E-state index in [4.69, 9.17) is 0 Å². The fourth-order valence-corrected chi connectivity index (χ4v) is 1.28. The highest BCUT2D eigenvalue weighted by molar-refractivity contribution is 9.10. The number of nitrogens with zero attached hydrogens (tertiary/aromatic N) is 2. The minimum atomic E-state index is -0.759. The maximum absolute atomic E-state index is 11.1. The lowest BCUT2D eigenvalue weighted by atomic mass is 10.4. The molecule has 16 heavy (non-hydrogen) atoms. The Morgan fingerprint density at radius 1 is 1.75 bits per heavy atom. The molecular formula is C8H8BrN3O4. The van der Waals surface area contributed by atoms with E-state index >= 15 is 0 Å². The Bertz CT molecular complexity index is 424. The Kier molecular flexibility index (Phi) is 4.18. The van der Waals surface area contributed by atoms with Gasteiger partial charge in [0.15, 0.2) is 6.20 Å². The lowest BCUT2D eigenvalue weighted by molar-refractivity contribution is -0.388. The number of hydrogen-bond donors (Lipinski definition) is 1. The van der Waals surface area contributed by atoms with Crippen LogP contribution in [0.1, 0.15) is 6.92 Å². The van der Waals surface area contributed by atoms with Gasteiger partial charge >= 0.3 is 11.9 Å². The van der Waals surface area contributed by atoms with Gasteiger partial charge in [0.25, 0.3) is 0 Å². The molecule has 1 rings (SSSR count). The van der Waals surface area contributed by atoms with Crippen LogP contribution in [0.5, 0.6) is 0 Å². The van der Waals surface area contributed by atoms with Crippen LogP contribution in [-0.2, 0) is 4.74 Å². The molecule has 0 saturated heterocycles. The molecule has 0 aliphatic heterocycles. The Morgan fingerprint density at radius 2 is 2.44 bits per heavy atom. The van der Waals surface area contributed by atoms with Crippen molar-refractivity contribution in [2.75, 3.05) is 11.9 Å². The van der Waals surface area contributed by atoms with Gasteiger partial charge in [0.2, 0.25) is 0 Å². The fraction of sp³-hybridized carbons (Fsp3) is 0.250. The summed E-state index contributed by atoms with van der Waals surface area (Å²) in [6, 6.07) is 1.38. The number of carbonyl (C=O) groups is 1. The second-order valence-corrected chi connectivity index (χ2v) is 3.54. The van der Waals surface area contributed by atoms with Gasteiger partial charge in [0.1, 0.15) is 5.69 Å². The SMILES string of the molecule is CCOC(=O)Nc1cc(Br)cnc1[N+](=O)[O-]. The van der Waals surface area contributed by atoms with Gasteiger partial charge in [-0.25, -0.2) is 4.79 Å². The molecule has 7 nitrogen and oxygen atoms in total. The number of nitrogens with one attached hydrogen (secondary N) is 1. The highest BCUT2D eigenvalue weighted by Crippen LogP contribution is 2.24. The molecule has 1 aromatic heterocycles. The zero-order chi connectivity index (χ0) is 12.1. The van der Waals surface area contributed by atoms with Gasteiger partial charge in [0, 0.05) is 0 Å². The first-order valence-electron chi connectivity index (χ1n) is 4.28. The Labute approximate surface area is 99.1 Å². The number of nitro groups is 1. The minimum absolute atomic E-state index is 0.0159. The van der Waals surface area contributed by atoms with Crippen molar-refractivity contribution >= 4 is 33.5 Å². The van der Waals surface area contributed by atoms with E-state index in [1.807, 2.05) is 0 Å². The van der Waals surface area contributed by atoms with Crippen LogP contribution < -0.4 is 5.32 Å². The zero-order valence-corrected chi connectivity index (χ0v) is 9.85. The topological polar surface area (TPSA) is 94.4 Å². The molecule has 0 bridgehead atoms. The predicted molar refractivity (Wildman–Crippen MR) is 59.2 cm³/mol. The second kappa shape index (κ2) is 5.40. The molecule has 0 aromatic carbocycles. The van der Waals surface area contributed by atoms with E-state index in [1.165, 1.54) is 12.3 Å². The maximum atomic E-state index is 11.1. The predicted octanol–water partition coefficient (Wildman–Crippen LogP) is 2.32. The number of halogens is 1. The maximum Gasteiger partial charge on any atom is 0.411 e. The first-order valence-corrected chi connectivity index (χ1v) is 5.07. The first kappa shape index (κ1) is 12.4. The summed E-state index contributed by atoms with van der Waals surface area (Å²) in [7, 11) is 0. The molecule has 1 amide bonds. The van der Waals surface area contributed by atoms with Crippen molar-refractivity contribution in [1.29, 1.82) is 0 Å². The van der Waals surface area contributed by atoms with E-state index in [-0.39, 0.29) is 12.3 Å². The van der Waals surface area contributed by atoms with Crippen LogP contribution in [0.3, 0.4) is 0 Å². The number of anilines is 1. The van der Waals surface area contributed by atoms with Crippen molar-refractivity contribution in [1.82, 2.24) is 4.98 Å². The molecule has 8 heteroatoms.